The first-order chi connectivity index (χ1) is 8.33. The summed E-state index contributed by atoms with van der Waals surface area (Å²) in [6.07, 6.45) is 7.21. The molecule has 1 saturated carbocycles. The van der Waals surface area contributed by atoms with Gasteiger partial charge in [0.25, 0.3) is 0 Å². The Morgan fingerprint density at radius 3 is 2.53 bits per heavy atom. The molecule has 3 heteroatoms. The van der Waals surface area contributed by atoms with Crippen molar-refractivity contribution in [2.45, 2.75) is 38.1 Å². The van der Waals surface area contributed by atoms with Gasteiger partial charge in [-0.25, -0.2) is 0 Å². The van der Waals surface area contributed by atoms with Crippen molar-refractivity contribution in [2.24, 2.45) is 11.3 Å². The van der Waals surface area contributed by atoms with Crippen LogP contribution >= 0.6 is 0 Å². The van der Waals surface area contributed by atoms with Gasteiger partial charge in [-0.15, -0.1) is 0 Å². The second-order valence-electron chi connectivity index (χ2n) is 6.26. The van der Waals surface area contributed by atoms with E-state index in [9.17, 15) is 0 Å². The van der Waals surface area contributed by atoms with Gasteiger partial charge < -0.3 is 15.0 Å². The van der Waals surface area contributed by atoms with E-state index in [1.54, 1.807) is 0 Å². The van der Waals surface area contributed by atoms with E-state index in [4.69, 9.17) is 4.74 Å². The number of piperazine rings is 1. The monoisotopic (exact) mass is 238 g/mol. The Morgan fingerprint density at radius 2 is 1.94 bits per heavy atom. The normalized spacial score (nSPS) is 35.5. The molecular weight excluding hydrogens is 212 g/mol. The molecule has 0 amide bonds. The van der Waals surface area contributed by atoms with Crippen molar-refractivity contribution in [2.75, 3.05) is 39.9 Å². The second kappa shape index (κ2) is 4.87. The topological polar surface area (TPSA) is 24.5 Å². The highest BCUT2D eigenvalue weighted by Crippen LogP contribution is 2.47. The minimum Gasteiger partial charge on any atom is -0.380 e. The second-order valence-corrected chi connectivity index (χ2v) is 6.26. The van der Waals surface area contributed by atoms with Crippen LogP contribution < -0.4 is 5.32 Å². The van der Waals surface area contributed by atoms with Gasteiger partial charge in [-0.3, -0.25) is 0 Å². The van der Waals surface area contributed by atoms with E-state index in [0.717, 1.165) is 32.2 Å². The lowest BCUT2D eigenvalue weighted by Gasteiger charge is -2.56. The maximum atomic E-state index is 5.64. The summed E-state index contributed by atoms with van der Waals surface area (Å²) >= 11 is 0. The van der Waals surface area contributed by atoms with Crippen LogP contribution in [-0.4, -0.2) is 50.8 Å². The van der Waals surface area contributed by atoms with Gasteiger partial charge in [-0.1, -0.05) is 19.3 Å². The van der Waals surface area contributed by atoms with Crippen LogP contribution in [0.25, 0.3) is 0 Å². The number of ether oxygens (including phenoxy) is 1. The molecule has 0 aromatic rings. The summed E-state index contributed by atoms with van der Waals surface area (Å²) in [6, 6.07) is 0.702. The molecule has 0 aromatic carbocycles. The molecule has 0 aromatic heterocycles. The molecule has 2 aliphatic heterocycles. The van der Waals surface area contributed by atoms with Crippen molar-refractivity contribution in [3.63, 3.8) is 0 Å². The zero-order chi connectivity index (χ0) is 11.7. The lowest BCUT2D eigenvalue weighted by Crippen LogP contribution is -2.66. The molecule has 0 spiro atoms. The van der Waals surface area contributed by atoms with Crippen molar-refractivity contribution in [3.8, 4) is 0 Å². The Hall–Kier alpha value is -0.120. The molecule has 3 aliphatic rings. The van der Waals surface area contributed by atoms with Crippen molar-refractivity contribution in [1.29, 1.82) is 0 Å². The molecular formula is C14H26N2O. The molecule has 2 saturated heterocycles. The number of hydrogen-bond donors (Lipinski definition) is 1. The van der Waals surface area contributed by atoms with Crippen molar-refractivity contribution in [3.05, 3.63) is 0 Å². The Bertz CT molecular complexity index is 259. The van der Waals surface area contributed by atoms with E-state index < -0.39 is 0 Å². The molecule has 1 atom stereocenters. The highest BCUT2D eigenvalue weighted by molar-refractivity contribution is 5.03. The van der Waals surface area contributed by atoms with Crippen LogP contribution in [0.5, 0.6) is 0 Å². The van der Waals surface area contributed by atoms with Gasteiger partial charge in [0, 0.05) is 31.1 Å². The highest BCUT2D eigenvalue weighted by atomic mass is 16.5. The molecule has 1 aliphatic carbocycles. The van der Waals surface area contributed by atoms with Gasteiger partial charge >= 0.3 is 0 Å². The Kier molecular flexibility index (Phi) is 3.42. The molecule has 0 bridgehead atoms. The third-order valence-electron chi connectivity index (χ3n) is 5.33. The highest BCUT2D eigenvalue weighted by Gasteiger charge is 2.52. The number of rotatable bonds is 2. The Labute approximate surface area is 105 Å². The van der Waals surface area contributed by atoms with Crippen LogP contribution in [0.1, 0.15) is 32.1 Å². The summed E-state index contributed by atoms with van der Waals surface area (Å²) in [5, 5.41) is 3.58. The van der Waals surface area contributed by atoms with Gasteiger partial charge in [0.2, 0.25) is 0 Å². The van der Waals surface area contributed by atoms with Gasteiger partial charge in [0.15, 0.2) is 0 Å². The third-order valence-corrected chi connectivity index (χ3v) is 5.33. The first-order valence-corrected chi connectivity index (χ1v) is 7.32. The zero-order valence-electron chi connectivity index (χ0n) is 11.1. The molecule has 1 N–H and O–H groups in total. The van der Waals surface area contributed by atoms with Crippen LogP contribution in [0.3, 0.4) is 0 Å². The standard InChI is InChI=1S/C14H26N2O/c1-16-8-7-15-9-13(16)14(10-17-11-14)12-5-3-2-4-6-12/h12-13,15H,2-11H2,1H3. The number of nitrogens with zero attached hydrogens (tertiary/aromatic N) is 1. The lowest BCUT2D eigenvalue weighted by atomic mass is 9.62. The third kappa shape index (κ3) is 2.02. The summed E-state index contributed by atoms with van der Waals surface area (Å²) in [5.74, 6) is 0.914. The summed E-state index contributed by atoms with van der Waals surface area (Å²) < 4.78 is 5.64. The van der Waals surface area contributed by atoms with Crippen LogP contribution in [0.4, 0.5) is 0 Å². The van der Waals surface area contributed by atoms with Crippen molar-refractivity contribution < 1.29 is 4.74 Å². The molecule has 17 heavy (non-hydrogen) atoms. The molecule has 2 heterocycles. The summed E-state index contributed by atoms with van der Waals surface area (Å²) in [6.45, 7) is 5.52. The fourth-order valence-electron chi connectivity index (χ4n) is 4.16. The average molecular weight is 238 g/mol. The van der Waals surface area contributed by atoms with Gasteiger partial charge in [0.1, 0.15) is 0 Å². The van der Waals surface area contributed by atoms with Crippen LogP contribution in [0.2, 0.25) is 0 Å². The zero-order valence-corrected chi connectivity index (χ0v) is 11.1. The van der Waals surface area contributed by atoms with Gasteiger partial charge in [-0.2, -0.15) is 0 Å². The molecule has 3 fully saturated rings. The molecule has 3 nitrogen and oxygen atoms in total. The molecule has 98 valence electrons. The number of hydrogen-bond acceptors (Lipinski definition) is 3. The number of nitrogens with one attached hydrogen (secondary N) is 1. The molecule has 3 rings (SSSR count). The smallest absolute Gasteiger partial charge is 0.0563 e. The van der Waals surface area contributed by atoms with Crippen molar-refractivity contribution >= 4 is 0 Å². The minimum atomic E-state index is 0.475. The quantitative estimate of drug-likeness (QED) is 0.789. The van der Waals surface area contributed by atoms with Crippen molar-refractivity contribution in [1.82, 2.24) is 10.2 Å². The van der Waals surface area contributed by atoms with E-state index in [0.29, 0.717) is 11.5 Å². The number of likely N-dealkylation sites (N-methyl/N-ethyl adjacent to an activating group) is 1. The Balaban J connectivity index is 1.75. The SMILES string of the molecule is CN1CCNCC1C1(C2CCCCC2)COC1. The van der Waals surface area contributed by atoms with Crippen LogP contribution in [0.15, 0.2) is 0 Å². The fourth-order valence-corrected chi connectivity index (χ4v) is 4.16. The average Bonchev–Trinajstić information content (AvgIpc) is 2.32. The molecule has 1 unspecified atom stereocenters. The summed E-state index contributed by atoms with van der Waals surface area (Å²) in [5.41, 5.74) is 0.475. The summed E-state index contributed by atoms with van der Waals surface area (Å²) in [4.78, 5) is 2.58. The van der Waals surface area contributed by atoms with Gasteiger partial charge in [-0.05, 0) is 25.8 Å². The van der Waals surface area contributed by atoms with E-state index in [1.807, 2.05) is 0 Å². The first kappa shape index (κ1) is 11.9. The predicted octanol–water partition coefficient (Wildman–Crippen LogP) is 1.49. The van der Waals surface area contributed by atoms with E-state index in [2.05, 4.69) is 17.3 Å². The predicted molar refractivity (Wildman–Crippen MR) is 69.1 cm³/mol. The maximum absolute atomic E-state index is 5.64. The molecule has 0 radical (unpaired) electrons. The minimum absolute atomic E-state index is 0.475. The van der Waals surface area contributed by atoms with E-state index >= 15 is 0 Å². The van der Waals surface area contributed by atoms with E-state index in [1.165, 1.54) is 38.6 Å². The lowest BCUT2D eigenvalue weighted by molar-refractivity contribution is -0.190. The first-order valence-electron chi connectivity index (χ1n) is 7.32. The Morgan fingerprint density at radius 1 is 1.18 bits per heavy atom. The van der Waals surface area contributed by atoms with Gasteiger partial charge in [0.05, 0.1) is 13.2 Å². The van der Waals surface area contributed by atoms with Crippen LogP contribution in [-0.2, 0) is 4.74 Å². The van der Waals surface area contributed by atoms with Crippen LogP contribution in [0, 0.1) is 11.3 Å². The largest absolute Gasteiger partial charge is 0.380 e. The maximum Gasteiger partial charge on any atom is 0.0563 e. The summed E-state index contributed by atoms with van der Waals surface area (Å²) in [7, 11) is 2.30. The fraction of sp³-hybridized carbons (Fsp3) is 1.00. The van der Waals surface area contributed by atoms with E-state index in [-0.39, 0.29) is 0 Å².